The Hall–Kier alpha value is -2.37. The fourth-order valence-electron chi connectivity index (χ4n) is 3.42. The predicted molar refractivity (Wildman–Crippen MR) is 110 cm³/mol. The van der Waals surface area contributed by atoms with Gasteiger partial charge in [-0.05, 0) is 60.6 Å². The molecule has 0 saturated carbocycles. The van der Waals surface area contributed by atoms with E-state index in [2.05, 4.69) is 44.2 Å². The number of pyridine rings is 1. The van der Waals surface area contributed by atoms with Crippen molar-refractivity contribution in [2.75, 3.05) is 11.9 Å². The Morgan fingerprint density at radius 2 is 2.08 bits per heavy atom. The van der Waals surface area contributed by atoms with Gasteiger partial charge in [0.15, 0.2) is 5.11 Å². The van der Waals surface area contributed by atoms with Crippen molar-refractivity contribution in [2.45, 2.75) is 19.5 Å². The first-order valence-corrected chi connectivity index (χ1v) is 9.31. The summed E-state index contributed by atoms with van der Waals surface area (Å²) in [7, 11) is 0. The van der Waals surface area contributed by atoms with Gasteiger partial charge in [0.1, 0.15) is 0 Å². The van der Waals surface area contributed by atoms with Gasteiger partial charge in [-0.25, -0.2) is 0 Å². The van der Waals surface area contributed by atoms with Crippen molar-refractivity contribution >= 4 is 34.6 Å². The van der Waals surface area contributed by atoms with Crippen LogP contribution in [0.3, 0.4) is 0 Å². The number of rotatable bonds is 2. The number of nitrogens with one attached hydrogen (secondary N) is 1. The highest BCUT2D eigenvalue weighted by Gasteiger charge is 2.30. The summed E-state index contributed by atoms with van der Waals surface area (Å²) < 4.78 is 2.28. The quantitative estimate of drug-likeness (QED) is 0.654. The van der Waals surface area contributed by atoms with Crippen LogP contribution in [0, 0.1) is 6.92 Å². The molecule has 0 fully saturated rings. The molecule has 0 saturated heterocycles. The number of hydrogen-bond acceptors (Lipinski definition) is 2. The average Bonchev–Trinajstić information content (AvgIpc) is 3.14. The molecule has 0 radical (unpaired) electrons. The van der Waals surface area contributed by atoms with E-state index in [4.69, 9.17) is 23.8 Å². The summed E-state index contributed by atoms with van der Waals surface area (Å²) in [6, 6.07) is 14.1. The molecule has 1 atom stereocenters. The molecule has 0 amide bonds. The molecule has 1 aromatic carbocycles. The van der Waals surface area contributed by atoms with Crippen molar-refractivity contribution in [1.82, 2.24) is 14.5 Å². The van der Waals surface area contributed by atoms with E-state index in [0.717, 1.165) is 34.9 Å². The number of aromatic nitrogens is 2. The molecule has 1 aliphatic rings. The van der Waals surface area contributed by atoms with Gasteiger partial charge in [-0.15, -0.1) is 0 Å². The third-order valence-electron chi connectivity index (χ3n) is 4.81. The highest BCUT2D eigenvalue weighted by Crippen LogP contribution is 2.33. The van der Waals surface area contributed by atoms with E-state index in [1.807, 2.05) is 37.4 Å². The van der Waals surface area contributed by atoms with E-state index < -0.39 is 0 Å². The van der Waals surface area contributed by atoms with Gasteiger partial charge >= 0.3 is 0 Å². The van der Waals surface area contributed by atoms with Crippen molar-refractivity contribution in [3.63, 3.8) is 0 Å². The van der Waals surface area contributed by atoms with Crippen LogP contribution < -0.4 is 5.32 Å². The lowest BCUT2D eigenvalue weighted by Crippen LogP contribution is -2.44. The molecule has 1 aliphatic heterocycles. The van der Waals surface area contributed by atoms with E-state index >= 15 is 0 Å². The van der Waals surface area contributed by atoms with Crippen LogP contribution in [-0.2, 0) is 6.54 Å². The third kappa shape index (κ3) is 3.08. The maximum atomic E-state index is 6.25. The number of hydrogen-bond donors (Lipinski definition) is 1. The smallest absolute Gasteiger partial charge is 0.174 e. The number of nitrogens with zero attached hydrogens (tertiary/aromatic N) is 3. The summed E-state index contributed by atoms with van der Waals surface area (Å²) >= 11 is 12.0. The second-order valence-corrected chi connectivity index (χ2v) is 7.15. The van der Waals surface area contributed by atoms with E-state index in [-0.39, 0.29) is 6.04 Å². The van der Waals surface area contributed by atoms with Gasteiger partial charge in [-0.1, -0.05) is 23.7 Å². The summed E-state index contributed by atoms with van der Waals surface area (Å²) in [5.41, 5.74) is 4.28. The second kappa shape index (κ2) is 7.09. The van der Waals surface area contributed by atoms with E-state index in [9.17, 15) is 0 Å². The fraction of sp³-hybridized carbons (Fsp3) is 0.200. The standard InChI is InChI=1S/C20H19ClN4S/c1-14-16(21)6-2-7-17(14)23-20(26)25-12-11-24-10-4-8-18(24)19(25)15-5-3-9-22-13-15/h2-10,13,19H,11-12H2,1H3,(H,23,26)/t19-/m0/s1. The summed E-state index contributed by atoms with van der Waals surface area (Å²) in [6.07, 6.45) is 5.82. The number of anilines is 1. The minimum absolute atomic E-state index is 0.0342. The lowest BCUT2D eigenvalue weighted by atomic mass is 10.0. The Labute approximate surface area is 163 Å². The minimum atomic E-state index is 0.0342. The van der Waals surface area contributed by atoms with Crippen LogP contribution in [0.4, 0.5) is 5.69 Å². The zero-order chi connectivity index (χ0) is 18.1. The first-order valence-electron chi connectivity index (χ1n) is 8.53. The van der Waals surface area contributed by atoms with Crippen molar-refractivity contribution in [1.29, 1.82) is 0 Å². The lowest BCUT2D eigenvalue weighted by molar-refractivity contribution is 0.293. The molecular formula is C20H19ClN4S. The summed E-state index contributed by atoms with van der Waals surface area (Å²) in [4.78, 5) is 6.53. The minimum Gasteiger partial charge on any atom is -0.348 e. The molecule has 0 unspecified atom stereocenters. The highest BCUT2D eigenvalue weighted by atomic mass is 35.5. The van der Waals surface area contributed by atoms with Crippen molar-refractivity contribution in [3.8, 4) is 0 Å². The largest absolute Gasteiger partial charge is 0.348 e. The van der Waals surface area contributed by atoms with Gasteiger partial charge in [0.05, 0.1) is 6.04 Å². The van der Waals surface area contributed by atoms with Crippen molar-refractivity contribution in [3.05, 3.63) is 82.9 Å². The molecule has 2 aromatic heterocycles. The molecule has 132 valence electrons. The van der Waals surface area contributed by atoms with E-state index in [1.165, 1.54) is 5.69 Å². The van der Waals surface area contributed by atoms with Gasteiger partial charge in [0, 0.05) is 48.1 Å². The van der Waals surface area contributed by atoms with Crippen molar-refractivity contribution < 1.29 is 0 Å². The molecule has 3 heterocycles. The highest BCUT2D eigenvalue weighted by molar-refractivity contribution is 7.80. The molecule has 4 rings (SSSR count). The average molecular weight is 383 g/mol. The van der Waals surface area contributed by atoms with Gasteiger partial charge in [0.25, 0.3) is 0 Å². The molecule has 0 spiro atoms. The monoisotopic (exact) mass is 382 g/mol. The van der Waals surface area contributed by atoms with Crippen LogP contribution in [0.25, 0.3) is 0 Å². The number of halogens is 1. The summed E-state index contributed by atoms with van der Waals surface area (Å²) in [5, 5.41) is 4.81. The predicted octanol–water partition coefficient (Wildman–Crippen LogP) is 4.65. The second-order valence-electron chi connectivity index (χ2n) is 6.35. The third-order valence-corrected chi connectivity index (χ3v) is 5.55. The molecular weight excluding hydrogens is 364 g/mol. The lowest BCUT2D eigenvalue weighted by Gasteiger charge is -2.39. The Morgan fingerprint density at radius 1 is 1.19 bits per heavy atom. The zero-order valence-corrected chi connectivity index (χ0v) is 16.0. The normalized spacial score (nSPS) is 16.2. The maximum absolute atomic E-state index is 6.25. The molecule has 1 N–H and O–H groups in total. The Kier molecular flexibility index (Phi) is 4.66. The van der Waals surface area contributed by atoms with E-state index in [0.29, 0.717) is 5.11 Å². The van der Waals surface area contributed by atoms with Crippen LogP contribution in [0.15, 0.2) is 61.1 Å². The van der Waals surface area contributed by atoms with Crippen molar-refractivity contribution in [2.24, 2.45) is 0 Å². The Morgan fingerprint density at radius 3 is 2.88 bits per heavy atom. The Balaban J connectivity index is 1.68. The molecule has 0 bridgehead atoms. The van der Waals surface area contributed by atoms with Crippen LogP contribution >= 0.6 is 23.8 Å². The molecule has 3 aromatic rings. The van der Waals surface area contributed by atoms with Crippen LogP contribution in [0.2, 0.25) is 5.02 Å². The number of benzene rings is 1. The fourth-order valence-corrected chi connectivity index (χ4v) is 3.90. The van der Waals surface area contributed by atoms with Crippen LogP contribution in [0.5, 0.6) is 0 Å². The number of thiocarbonyl (C=S) groups is 1. The van der Waals surface area contributed by atoms with Gasteiger partial charge in [-0.2, -0.15) is 0 Å². The van der Waals surface area contributed by atoms with Gasteiger partial charge in [-0.3, -0.25) is 4.98 Å². The van der Waals surface area contributed by atoms with Gasteiger partial charge < -0.3 is 14.8 Å². The SMILES string of the molecule is Cc1c(Cl)cccc1NC(=S)N1CCn2cccc2[C@@H]1c1cccnc1. The summed E-state index contributed by atoms with van der Waals surface area (Å²) in [5.74, 6) is 0. The topological polar surface area (TPSA) is 33.1 Å². The number of fused-ring (bicyclic) bond motifs is 1. The molecule has 6 heteroatoms. The van der Waals surface area contributed by atoms with E-state index in [1.54, 1.807) is 6.20 Å². The summed E-state index contributed by atoms with van der Waals surface area (Å²) in [6.45, 7) is 3.72. The van der Waals surface area contributed by atoms with Crippen LogP contribution in [-0.4, -0.2) is 26.1 Å². The Bertz CT molecular complexity index is 938. The maximum Gasteiger partial charge on any atom is 0.174 e. The first-order chi connectivity index (χ1) is 12.6. The van der Waals surface area contributed by atoms with Gasteiger partial charge in [0.2, 0.25) is 0 Å². The first kappa shape index (κ1) is 17.1. The zero-order valence-electron chi connectivity index (χ0n) is 14.4. The molecule has 0 aliphatic carbocycles. The molecule has 4 nitrogen and oxygen atoms in total. The van der Waals surface area contributed by atoms with Crippen LogP contribution in [0.1, 0.15) is 22.9 Å². The molecule has 26 heavy (non-hydrogen) atoms.